The number of allylic oxidation sites excluding steroid dienone is 6. The molecule has 0 saturated carbocycles. The highest BCUT2D eigenvalue weighted by Crippen LogP contribution is 2.25. The smallest absolute Gasteiger partial charge is 0.215 e. The maximum absolute atomic E-state index is 11.4. The first-order chi connectivity index (χ1) is 8.81. The number of carbonyl (C=O) groups excluding carboxylic acids is 2. The van der Waals surface area contributed by atoms with Crippen molar-refractivity contribution in [3.8, 4) is 0 Å². The molecule has 1 unspecified atom stereocenters. The van der Waals surface area contributed by atoms with Crippen LogP contribution in [0, 0.1) is 0 Å². The molecule has 98 valence electrons. The maximum Gasteiger partial charge on any atom is 0.215 e. The molecule has 0 N–H and O–H groups in total. The van der Waals surface area contributed by atoms with Crippen LogP contribution in [0.5, 0.6) is 0 Å². The molecule has 3 nitrogen and oxygen atoms in total. The van der Waals surface area contributed by atoms with Gasteiger partial charge in [-0.25, -0.2) is 0 Å². The Bertz CT molecular complexity index is 599. The average molecular weight is 296 g/mol. The molecule has 0 bridgehead atoms. The molecule has 19 heavy (non-hydrogen) atoms. The third kappa shape index (κ3) is 2.94. The van der Waals surface area contributed by atoms with E-state index in [1.165, 1.54) is 18.2 Å². The first-order valence-corrected chi connectivity index (χ1v) is 6.38. The zero-order valence-electron chi connectivity index (χ0n) is 10.4. The highest BCUT2D eigenvalue weighted by molar-refractivity contribution is 6.57. The third-order valence-electron chi connectivity index (χ3n) is 2.82. The molecule has 0 saturated heterocycles. The van der Waals surface area contributed by atoms with Gasteiger partial charge >= 0.3 is 0 Å². The Balaban J connectivity index is 2.40. The molecular formula is C14H11Cl2NO2. The van der Waals surface area contributed by atoms with Gasteiger partial charge < -0.3 is 0 Å². The van der Waals surface area contributed by atoms with Crippen molar-refractivity contribution in [1.82, 2.24) is 0 Å². The summed E-state index contributed by atoms with van der Waals surface area (Å²) in [6, 6.07) is 0. The van der Waals surface area contributed by atoms with Crippen molar-refractivity contribution in [2.24, 2.45) is 4.99 Å². The fraction of sp³-hybridized carbons (Fsp3) is 0.214. The molecular weight excluding hydrogens is 285 g/mol. The van der Waals surface area contributed by atoms with Crippen LogP contribution < -0.4 is 0 Å². The Kier molecular flexibility index (Phi) is 3.61. The van der Waals surface area contributed by atoms with Gasteiger partial charge in [0.05, 0.1) is 21.3 Å². The normalized spacial score (nSPS) is 26.9. The van der Waals surface area contributed by atoms with E-state index in [4.69, 9.17) is 23.2 Å². The predicted molar refractivity (Wildman–Crippen MR) is 76.6 cm³/mol. The number of aliphatic imine (C=N–C) groups is 1. The number of Topliss-reactive ketones (excluding diaryl/α,β-unsaturated/α-hetero) is 1. The molecule has 2 rings (SSSR count). The zero-order chi connectivity index (χ0) is 14.2. The van der Waals surface area contributed by atoms with Gasteiger partial charge in [-0.05, 0) is 49.8 Å². The van der Waals surface area contributed by atoms with Crippen LogP contribution in [-0.2, 0) is 9.59 Å². The molecule has 2 aliphatic rings. The van der Waals surface area contributed by atoms with E-state index in [0.717, 1.165) is 0 Å². The summed E-state index contributed by atoms with van der Waals surface area (Å²) >= 11 is 11.6. The predicted octanol–water partition coefficient (Wildman–Crippen LogP) is 3.10. The summed E-state index contributed by atoms with van der Waals surface area (Å²) < 4.78 is 0. The Hall–Kier alpha value is -1.45. The van der Waals surface area contributed by atoms with Gasteiger partial charge in [0.25, 0.3) is 0 Å². The average Bonchev–Trinajstić information content (AvgIpc) is 2.31. The highest BCUT2D eigenvalue weighted by Gasteiger charge is 2.24. The lowest BCUT2D eigenvalue weighted by Gasteiger charge is -2.22. The molecule has 0 aliphatic heterocycles. The van der Waals surface area contributed by atoms with Crippen molar-refractivity contribution in [3.63, 3.8) is 0 Å². The van der Waals surface area contributed by atoms with Crippen LogP contribution in [0.3, 0.4) is 0 Å². The molecule has 0 fully saturated rings. The second kappa shape index (κ2) is 4.91. The van der Waals surface area contributed by atoms with Crippen molar-refractivity contribution in [2.75, 3.05) is 0 Å². The molecule has 0 radical (unpaired) electrons. The SMILES string of the molecule is CC1=CC(C)(N=C2C=C(Cl)C(=O)C(Cl)=C2)C=CC1=O. The van der Waals surface area contributed by atoms with Crippen molar-refractivity contribution in [3.05, 3.63) is 46.0 Å². The van der Waals surface area contributed by atoms with E-state index in [-0.39, 0.29) is 15.8 Å². The lowest BCUT2D eigenvalue weighted by Crippen LogP contribution is -2.23. The highest BCUT2D eigenvalue weighted by atomic mass is 35.5. The molecule has 1 atom stereocenters. The summed E-state index contributed by atoms with van der Waals surface area (Å²) in [5.74, 6) is -0.438. The number of rotatable bonds is 1. The minimum atomic E-state index is -0.644. The number of hydrogen-bond acceptors (Lipinski definition) is 3. The van der Waals surface area contributed by atoms with Crippen molar-refractivity contribution in [1.29, 1.82) is 0 Å². The Morgan fingerprint density at radius 1 is 1.16 bits per heavy atom. The largest absolute Gasteiger partial charge is 0.290 e. The van der Waals surface area contributed by atoms with Gasteiger partial charge in [0.1, 0.15) is 0 Å². The number of carbonyl (C=O) groups is 2. The van der Waals surface area contributed by atoms with Crippen LogP contribution in [-0.4, -0.2) is 22.8 Å². The van der Waals surface area contributed by atoms with Gasteiger partial charge in [-0.15, -0.1) is 0 Å². The quantitative estimate of drug-likeness (QED) is 0.698. The lowest BCUT2D eigenvalue weighted by atomic mass is 9.91. The topological polar surface area (TPSA) is 46.5 Å². The van der Waals surface area contributed by atoms with Gasteiger partial charge in [0, 0.05) is 0 Å². The van der Waals surface area contributed by atoms with Crippen LogP contribution in [0.1, 0.15) is 13.8 Å². The first kappa shape index (κ1) is 14.0. The summed E-state index contributed by atoms with van der Waals surface area (Å²) in [4.78, 5) is 27.3. The van der Waals surface area contributed by atoms with Crippen LogP contribution >= 0.6 is 23.2 Å². The van der Waals surface area contributed by atoms with Gasteiger partial charge in [-0.3, -0.25) is 14.6 Å². The van der Waals surface area contributed by atoms with Crippen molar-refractivity contribution >= 4 is 40.5 Å². The van der Waals surface area contributed by atoms with E-state index in [9.17, 15) is 9.59 Å². The monoisotopic (exact) mass is 295 g/mol. The van der Waals surface area contributed by atoms with Crippen molar-refractivity contribution in [2.45, 2.75) is 19.4 Å². The minimum Gasteiger partial charge on any atom is -0.290 e. The lowest BCUT2D eigenvalue weighted by molar-refractivity contribution is -0.112. The second-order valence-corrected chi connectivity index (χ2v) is 5.42. The Morgan fingerprint density at radius 2 is 1.74 bits per heavy atom. The molecule has 2 aliphatic carbocycles. The third-order valence-corrected chi connectivity index (χ3v) is 3.38. The first-order valence-electron chi connectivity index (χ1n) is 5.63. The molecule has 5 heteroatoms. The van der Waals surface area contributed by atoms with Crippen LogP contribution in [0.25, 0.3) is 0 Å². The molecule has 0 amide bonds. The Morgan fingerprint density at radius 3 is 2.26 bits per heavy atom. The van der Waals surface area contributed by atoms with E-state index >= 15 is 0 Å². The van der Waals surface area contributed by atoms with Crippen LogP contribution in [0.15, 0.2) is 51.0 Å². The summed E-state index contributed by atoms with van der Waals surface area (Å²) in [5, 5.41) is 0.0674. The zero-order valence-corrected chi connectivity index (χ0v) is 11.9. The summed E-state index contributed by atoms with van der Waals surface area (Å²) in [7, 11) is 0. The van der Waals surface area contributed by atoms with Gasteiger partial charge in [0.15, 0.2) is 5.78 Å². The van der Waals surface area contributed by atoms with Gasteiger partial charge in [-0.2, -0.15) is 0 Å². The summed E-state index contributed by atoms with van der Waals surface area (Å²) in [5.41, 5.74) is 0.487. The van der Waals surface area contributed by atoms with Gasteiger partial charge in [-0.1, -0.05) is 23.2 Å². The molecule has 0 heterocycles. The fourth-order valence-corrected chi connectivity index (χ4v) is 2.37. The van der Waals surface area contributed by atoms with Crippen LogP contribution in [0.4, 0.5) is 0 Å². The number of nitrogens with zero attached hydrogens (tertiary/aromatic N) is 1. The number of halogens is 2. The van der Waals surface area contributed by atoms with Crippen molar-refractivity contribution < 1.29 is 9.59 Å². The molecule has 0 spiro atoms. The van der Waals surface area contributed by atoms with E-state index < -0.39 is 11.3 Å². The van der Waals surface area contributed by atoms with E-state index in [1.54, 1.807) is 19.1 Å². The maximum atomic E-state index is 11.4. The molecule has 0 aromatic carbocycles. The molecule has 0 aromatic heterocycles. The second-order valence-electron chi connectivity index (χ2n) is 4.60. The number of ketones is 2. The minimum absolute atomic E-state index is 0.0290. The van der Waals surface area contributed by atoms with Crippen LogP contribution in [0.2, 0.25) is 0 Å². The van der Waals surface area contributed by atoms with E-state index in [2.05, 4.69) is 4.99 Å². The number of hydrogen-bond donors (Lipinski definition) is 0. The van der Waals surface area contributed by atoms with Gasteiger partial charge in [0.2, 0.25) is 5.78 Å². The fourth-order valence-electron chi connectivity index (χ4n) is 1.89. The van der Waals surface area contributed by atoms with E-state index in [1.807, 2.05) is 6.92 Å². The van der Waals surface area contributed by atoms with E-state index in [0.29, 0.717) is 11.3 Å². The standard InChI is InChI=1S/C14H11Cl2NO2/c1-8-7-14(2,4-3-12(8)18)17-9-5-10(15)13(19)11(16)6-9/h3-7H,1-2H3. The summed E-state index contributed by atoms with van der Waals surface area (Å²) in [6.07, 6.45) is 7.89. The molecule has 0 aromatic rings. The Labute approximate surface area is 121 Å². The summed E-state index contributed by atoms with van der Waals surface area (Å²) in [6.45, 7) is 3.59.